The number of aryl methyl sites for hydroxylation is 1. The highest BCUT2D eigenvalue weighted by Gasteiger charge is 2.54. The van der Waals surface area contributed by atoms with Gasteiger partial charge in [-0.2, -0.15) is 9.69 Å². The largest absolute Gasteiger partial charge is 0.710 e. The average Bonchev–Trinajstić information content (AvgIpc) is 3.86. The van der Waals surface area contributed by atoms with Gasteiger partial charge in [0, 0.05) is 61.8 Å². The number of pyridine rings is 2. The van der Waals surface area contributed by atoms with E-state index in [-0.39, 0.29) is 30.3 Å². The number of nitrogens with zero attached hydrogens (tertiary/aromatic N) is 4. The number of carbonyl (C=O) groups excluding carboxylic acids is 3. The van der Waals surface area contributed by atoms with Crippen molar-refractivity contribution < 1.29 is 33.3 Å². The summed E-state index contributed by atoms with van der Waals surface area (Å²) in [5, 5.41) is 17.3. The summed E-state index contributed by atoms with van der Waals surface area (Å²) in [5.41, 5.74) is 2.38. The molecule has 1 fully saturated rings. The number of amides is 2. The quantitative estimate of drug-likeness (QED) is 0.165. The number of nitrogens with one attached hydrogen (secondary N) is 1. The van der Waals surface area contributed by atoms with Crippen molar-refractivity contribution in [3.8, 4) is 5.88 Å². The fourth-order valence-electron chi connectivity index (χ4n) is 6.40. The molecule has 0 bridgehead atoms. The highest BCUT2D eigenvalue weighted by molar-refractivity contribution is 5.88. The van der Waals surface area contributed by atoms with Crippen molar-refractivity contribution in [3.05, 3.63) is 88.4 Å². The molecule has 1 spiro atoms. The van der Waals surface area contributed by atoms with Crippen molar-refractivity contribution in [2.75, 3.05) is 38.2 Å². The lowest BCUT2D eigenvalue weighted by molar-refractivity contribution is -0.601. The number of fused-ring (bicyclic) bond motifs is 2. The number of anilines is 1. The molecule has 3 heterocycles. The number of ketones is 1. The first kappa shape index (κ1) is 36.6. The van der Waals surface area contributed by atoms with Crippen LogP contribution in [0.15, 0.2) is 60.8 Å². The number of carbonyl (C=O) groups is 3. The van der Waals surface area contributed by atoms with Crippen LogP contribution in [0.1, 0.15) is 88.2 Å². The zero-order chi connectivity index (χ0) is 35.9. The molecule has 1 aliphatic carbocycles. The van der Waals surface area contributed by atoms with Crippen molar-refractivity contribution >= 4 is 23.8 Å². The second-order valence-electron chi connectivity index (χ2n) is 14.2. The summed E-state index contributed by atoms with van der Waals surface area (Å²) in [5.74, 6) is 0.852. The topological polar surface area (TPSA) is 137 Å². The van der Waals surface area contributed by atoms with E-state index in [9.17, 15) is 19.6 Å². The first-order valence-corrected chi connectivity index (χ1v) is 17.3. The molecule has 12 heteroatoms. The van der Waals surface area contributed by atoms with Gasteiger partial charge in [0.25, 0.3) is 5.82 Å². The molecule has 1 aromatic carbocycles. The number of aromatic nitrogens is 2. The molecule has 1 saturated carbocycles. The first-order chi connectivity index (χ1) is 23.9. The second-order valence-corrected chi connectivity index (χ2v) is 14.2. The van der Waals surface area contributed by atoms with Crippen LogP contribution >= 0.6 is 0 Å². The molecular weight excluding hydrogens is 638 g/mol. The molecular formula is C38H49N5O7. The third-order valence-electron chi connectivity index (χ3n) is 9.20. The third kappa shape index (κ3) is 9.29. The van der Waals surface area contributed by atoms with Crippen molar-refractivity contribution in [2.24, 2.45) is 0 Å². The monoisotopic (exact) mass is 687 g/mol. The molecule has 2 aromatic heterocycles. The molecule has 1 aliphatic heterocycles. The molecule has 12 nitrogen and oxygen atoms in total. The van der Waals surface area contributed by atoms with E-state index in [1.54, 1.807) is 31.2 Å². The van der Waals surface area contributed by atoms with Gasteiger partial charge < -0.3 is 29.6 Å². The number of benzene rings is 1. The van der Waals surface area contributed by atoms with E-state index >= 15 is 0 Å². The Hall–Kier alpha value is -4.71. The minimum Gasteiger partial charge on any atom is -0.710 e. The fourth-order valence-corrected chi connectivity index (χ4v) is 6.40. The normalized spacial score (nSPS) is 15.2. The zero-order valence-corrected chi connectivity index (χ0v) is 29.8. The predicted octanol–water partition coefficient (Wildman–Crippen LogP) is 5.78. The predicted molar refractivity (Wildman–Crippen MR) is 188 cm³/mol. The maximum absolute atomic E-state index is 13.9. The lowest BCUT2D eigenvalue weighted by Gasteiger charge is -2.32. The van der Waals surface area contributed by atoms with Gasteiger partial charge in [0.2, 0.25) is 5.88 Å². The SMILES string of the molecule is COc1ccc([C@H](CC(C)=O)NCCN(CCCc2ccc3c([n+]2[O-])N(C(=O)OC(C)(C)C)CCC32CC2)C(=O)OCc2ccccc2)cn1. The van der Waals surface area contributed by atoms with Crippen molar-refractivity contribution in [1.82, 2.24) is 15.2 Å². The summed E-state index contributed by atoms with van der Waals surface area (Å²) in [6.45, 7) is 8.55. The molecule has 268 valence electrons. The Morgan fingerprint density at radius 2 is 1.82 bits per heavy atom. The molecule has 3 aromatic rings. The van der Waals surface area contributed by atoms with Crippen LogP contribution in [0, 0.1) is 5.21 Å². The standard InChI is InChI=1S/C38H49N5O7/c1-27(44)24-32(29-13-16-33(48-5)40-25-29)39-20-23-41(35(45)49-26-28-10-7-6-8-11-28)21-9-12-30-14-15-31-34(43(30)47)42(22-19-38(31)17-18-38)36(46)50-37(2,3)4/h6-8,10-11,13-16,25,32,39H,9,12,17-24,26H2,1-5H3/t32-/m0/s1. The minimum atomic E-state index is -0.692. The van der Waals surface area contributed by atoms with Gasteiger partial charge in [0.1, 0.15) is 23.7 Å². The van der Waals surface area contributed by atoms with Gasteiger partial charge in [-0.25, -0.2) is 14.5 Å². The van der Waals surface area contributed by atoms with Gasteiger partial charge >= 0.3 is 12.2 Å². The highest BCUT2D eigenvalue weighted by Crippen LogP contribution is 2.55. The van der Waals surface area contributed by atoms with Crippen molar-refractivity contribution in [3.63, 3.8) is 0 Å². The van der Waals surface area contributed by atoms with Crippen LogP contribution in [0.2, 0.25) is 0 Å². The number of Topliss-reactive ketones (excluding diaryl/α,β-unsaturated/α-hetero) is 1. The molecule has 0 unspecified atom stereocenters. The number of hydrogen-bond donors (Lipinski definition) is 1. The van der Waals surface area contributed by atoms with E-state index in [4.69, 9.17) is 14.2 Å². The molecule has 0 radical (unpaired) electrons. The van der Waals surface area contributed by atoms with Crippen molar-refractivity contribution in [1.29, 1.82) is 0 Å². The van der Waals surface area contributed by atoms with E-state index in [1.165, 1.54) is 4.90 Å². The third-order valence-corrected chi connectivity index (χ3v) is 9.20. The second kappa shape index (κ2) is 15.9. The summed E-state index contributed by atoms with van der Waals surface area (Å²) < 4.78 is 17.4. The summed E-state index contributed by atoms with van der Waals surface area (Å²) in [6.07, 6.45) is 4.60. The fraction of sp³-hybridized carbons (Fsp3) is 0.500. The molecule has 5 rings (SSSR count). The van der Waals surface area contributed by atoms with Gasteiger partial charge in [-0.05, 0) is 76.6 Å². The van der Waals surface area contributed by atoms with Gasteiger partial charge in [0.15, 0.2) is 0 Å². The van der Waals surface area contributed by atoms with E-state index in [1.807, 2.05) is 69.3 Å². The Labute approximate surface area is 294 Å². The van der Waals surface area contributed by atoms with E-state index in [0.717, 1.165) is 40.7 Å². The summed E-state index contributed by atoms with van der Waals surface area (Å²) >= 11 is 0. The van der Waals surface area contributed by atoms with Crippen LogP contribution in [0.4, 0.5) is 15.4 Å². The molecule has 50 heavy (non-hydrogen) atoms. The molecule has 1 N–H and O–H groups in total. The van der Waals surface area contributed by atoms with E-state index in [0.29, 0.717) is 56.4 Å². The Balaban J connectivity index is 1.28. The molecule has 1 atom stereocenters. The molecule has 2 aliphatic rings. The smallest absolute Gasteiger partial charge is 0.507 e. The van der Waals surface area contributed by atoms with Crippen molar-refractivity contribution in [2.45, 2.75) is 89.9 Å². The Bertz CT molecular complexity index is 1640. The van der Waals surface area contributed by atoms with Crippen LogP contribution in [0.3, 0.4) is 0 Å². The number of methoxy groups -OCH3 is 1. The van der Waals surface area contributed by atoms with E-state index in [2.05, 4.69) is 10.3 Å². The maximum atomic E-state index is 13.9. The Kier molecular flexibility index (Phi) is 11.6. The van der Waals surface area contributed by atoms with Crippen LogP contribution < -0.4 is 19.7 Å². The summed E-state index contributed by atoms with van der Waals surface area (Å²) in [7, 11) is 1.54. The van der Waals surface area contributed by atoms with Crippen LogP contribution in [0.25, 0.3) is 0 Å². The summed E-state index contributed by atoms with van der Waals surface area (Å²) in [4.78, 5) is 46.1. The van der Waals surface area contributed by atoms with Gasteiger partial charge in [-0.1, -0.05) is 36.4 Å². The lowest BCUT2D eigenvalue weighted by Crippen LogP contribution is -2.50. The lowest BCUT2D eigenvalue weighted by atomic mass is 9.88. The average molecular weight is 688 g/mol. The van der Waals surface area contributed by atoms with Gasteiger partial charge in [-0.3, -0.25) is 4.79 Å². The highest BCUT2D eigenvalue weighted by atomic mass is 16.6. The van der Waals surface area contributed by atoms with Crippen LogP contribution in [0.5, 0.6) is 5.88 Å². The zero-order valence-electron chi connectivity index (χ0n) is 29.8. The Morgan fingerprint density at radius 1 is 1.06 bits per heavy atom. The number of hydrogen-bond acceptors (Lipinski definition) is 9. The van der Waals surface area contributed by atoms with Gasteiger partial charge in [0.05, 0.1) is 13.7 Å². The van der Waals surface area contributed by atoms with Gasteiger partial charge in [-0.15, -0.1) is 0 Å². The van der Waals surface area contributed by atoms with Crippen LogP contribution in [-0.2, 0) is 32.7 Å². The molecule has 2 amide bonds. The summed E-state index contributed by atoms with van der Waals surface area (Å²) in [6, 6.07) is 16.6. The van der Waals surface area contributed by atoms with E-state index < -0.39 is 17.8 Å². The molecule has 0 saturated heterocycles. The first-order valence-electron chi connectivity index (χ1n) is 17.3. The Morgan fingerprint density at radius 3 is 2.46 bits per heavy atom. The number of ether oxygens (including phenoxy) is 3. The van der Waals surface area contributed by atoms with Crippen LogP contribution in [-0.4, -0.2) is 66.7 Å². The maximum Gasteiger partial charge on any atom is 0.507 e. The number of rotatable bonds is 14. The minimum absolute atomic E-state index is 0.0197.